The van der Waals surface area contributed by atoms with Crippen molar-refractivity contribution in [2.45, 2.75) is 26.9 Å². The maximum Gasteiger partial charge on any atom is 0.282 e. The molecule has 162 valence electrons. The molecule has 32 heavy (non-hydrogen) atoms. The average Bonchev–Trinajstić information content (AvgIpc) is 3.00. The average molecular weight is 430 g/mol. The van der Waals surface area contributed by atoms with E-state index in [0.717, 1.165) is 16.2 Å². The molecule has 0 fully saturated rings. The first kappa shape index (κ1) is 21.3. The monoisotopic (exact) mass is 430 g/mol. The summed E-state index contributed by atoms with van der Waals surface area (Å²) in [7, 11) is 0. The van der Waals surface area contributed by atoms with Gasteiger partial charge in [-0.25, -0.2) is 9.29 Å². The third kappa shape index (κ3) is 4.12. The molecule has 3 aromatic carbocycles. The van der Waals surface area contributed by atoms with E-state index in [4.69, 9.17) is 4.74 Å². The van der Waals surface area contributed by atoms with Crippen molar-refractivity contribution in [1.82, 2.24) is 0 Å². The van der Waals surface area contributed by atoms with Crippen LogP contribution in [0.15, 0.2) is 78.5 Å². The summed E-state index contributed by atoms with van der Waals surface area (Å²) in [6, 6.07) is 19.8. The lowest BCUT2D eigenvalue weighted by Crippen LogP contribution is -2.32. The predicted molar refractivity (Wildman–Crippen MR) is 123 cm³/mol. The summed E-state index contributed by atoms with van der Waals surface area (Å²) in [5, 5.41) is 3.16. The number of anilines is 2. The highest BCUT2D eigenvalue weighted by molar-refractivity contribution is 6.46. The fourth-order valence-electron chi connectivity index (χ4n) is 3.56. The Kier molecular flexibility index (Phi) is 5.77. The van der Waals surface area contributed by atoms with Gasteiger partial charge in [-0.3, -0.25) is 9.59 Å². The van der Waals surface area contributed by atoms with Crippen molar-refractivity contribution >= 4 is 28.8 Å². The van der Waals surface area contributed by atoms with Crippen LogP contribution in [0, 0.1) is 12.7 Å². The van der Waals surface area contributed by atoms with Crippen molar-refractivity contribution in [1.29, 1.82) is 0 Å². The van der Waals surface area contributed by atoms with Crippen LogP contribution in [0.3, 0.4) is 0 Å². The molecule has 1 aliphatic rings. The minimum atomic E-state index is -0.498. The van der Waals surface area contributed by atoms with E-state index in [-0.39, 0.29) is 17.4 Å². The third-order valence-electron chi connectivity index (χ3n) is 5.09. The Morgan fingerprint density at radius 1 is 0.875 bits per heavy atom. The summed E-state index contributed by atoms with van der Waals surface area (Å²) in [5.41, 5.74) is 2.97. The van der Waals surface area contributed by atoms with E-state index in [0.29, 0.717) is 17.0 Å². The summed E-state index contributed by atoms with van der Waals surface area (Å²) in [6.45, 7) is 5.78. The largest absolute Gasteiger partial charge is 0.491 e. The first-order chi connectivity index (χ1) is 15.3. The van der Waals surface area contributed by atoms with Crippen molar-refractivity contribution in [3.05, 3.63) is 95.4 Å². The number of aryl methyl sites for hydroxylation is 1. The zero-order valence-corrected chi connectivity index (χ0v) is 18.1. The highest BCUT2D eigenvalue weighted by Gasteiger charge is 2.40. The van der Waals surface area contributed by atoms with Gasteiger partial charge in [0.1, 0.15) is 17.3 Å². The number of imide groups is 1. The lowest BCUT2D eigenvalue weighted by Gasteiger charge is -2.15. The van der Waals surface area contributed by atoms with Gasteiger partial charge in [0, 0.05) is 5.69 Å². The second kappa shape index (κ2) is 8.67. The molecule has 0 bridgehead atoms. The van der Waals surface area contributed by atoms with Gasteiger partial charge in [0.2, 0.25) is 0 Å². The predicted octanol–water partition coefficient (Wildman–Crippen LogP) is 5.32. The van der Waals surface area contributed by atoms with E-state index >= 15 is 0 Å². The number of amides is 2. The summed E-state index contributed by atoms with van der Waals surface area (Å²) >= 11 is 0. The standard InChI is InChI=1S/C26H23FN2O3/c1-16(2)32-21-14-8-18(9-15-21)23-24(28-22-7-5-4-6-17(22)3)26(31)29(25(23)30)20-12-10-19(27)11-13-20/h4-16,28H,1-3H3. The van der Waals surface area contributed by atoms with Crippen molar-refractivity contribution in [3.63, 3.8) is 0 Å². The number of para-hydroxylation sites is 1. The van der Waals surface area contributed by atoms with Gasteiger partial charge in [0.25, 0.3) is 11.8 Å². The van der Waals surface area contributed by atoms with Crippen molar-refractivity contribution in [3.8, 4) is 5.75 Å². The number of carbonyl (C=O) groups excluding carboxylic acids is 2. The maximum atomic E-state index is 13.4. The van der Waals surface area contributed by atoms with Gasteiger partial charge in [-0.2, -0.15) is 0 Å². The fourth-order valence-corrected chi connectivity index (χ4v) is 3.56. The summed E-state index contributed by atoms with van der Waals surface area (Å²) < 4.78 is 19.1. The van der Waals surface area contributed by atoms with Crippen LogP contribution < -0.4 is 15.0 Å². The van der Waals surface area contributed by atoms with Crippen LogP contribution in [-0.4, -0.2) is 17.9 Å². The minimum Gasteiger partial charge on any atom is -0.491 e. The van der Waals surface area contributed by atoms with Crippen LogP contribution >= 0.6 is 0 Å². The smallest absolute Gasteiger partial charge is 0.282 e. The number of nitrogens with one attached hydrogen (secondary N) is 1. The Bertz CT molecular complexity index is 1200. The molecule has 1 aliphatic heterocycles. The first-order valence-electron chi connectivity index (χ1n) is 10.3. The van der Waals surface area contributed by atoms with Crippen LogP contribution in [0.4, 0.5) is 15.8 Å². The summed E-state index contributed by atoms with van der Waals surface area (Å²) in [4.78, 5) is 27.9. The molecular weight excluding hydrogens is 407 g/mol. The zero-order chi connectivity index (χ0) is 22.8. The number of hydrogen-bond acceptors (Lipinski definition) is 4. The van der Waals surface area contributed by atoms with Gasteiger partial charge in [-0.15, -0.1) is 0 Å². The summed E-state index contributed by atoms with van der Waals surface area (Å²) in [6.07, 6.45) is 0.0157. The van der Waals surface area contributed by atoms with E-state index in [1.54, 1.807) is 24.3 Å². The van der Waals surface area contributed by atoms with E-state index in [1.807, 2.05) is 45.0 Å². The maximum absolute atomic E-state index is 13.4. The topological polar surface area (TPSA) is 58.6 Å². The van der Waals surface area contributed by atoms with Gasteiger partial charge < -0.3 is 10.1 Å². The van der Waals surface area contributed by atoms with Gasteiger partial charge >= 0.3 is 0 Å². The van der Waals surface area contributed by atoms with Crippen LogP contribution in [0.1, 0.15) is 25.0 Å². The number of hydrogen-bond donors (Lipinski definition) is 1. The minimum absolute atomic E-state index is 0.0157. The molecular formula is C26H23FN2O3. The van der Waals surface area contributed by atoms with E-state index in [9.17, 15) is 14.0 Å². The van der Waals surface area contributed by atoms with E-state index in [2.05, 4.69) is 5.32 Å². The number of halogens is 1. The quantitative estimate of drug-likeness (QED) is 0.538. The number of rotatable bonds is 6. The van der Waals surface area contributed by atoms with Crippen molar-refractivity contribution < 1.29 is 18.7 Å². The van der Waals surface area contributed by atoms with Gasteiger partial charge in [-0.1, -0.05) is 30.3 Å². The molecule has 0 atom stereocenters. The van der Waals surface area contributed by atoms with E-state index < -0.39 is 17.6 Å². The second-order valence-electron chi connectivity index (χ2n) is 7.80. The molecule has 1 N–H and O–H groups in total. The molecule has 6 heteroatoms. The summed E-state index contributed by atoms with van der Waals surface area (Å²) in [5.74, 6) is -0.748. The molecule has 0 saturated heterocycles. The van der Waals surface area contributed by atoms with Crippen LogP contribution in [-0.2, 0) is 9.59 Å². The fraction of sp³-hybridized carbons (Fsp3) is 0.154. The normalized spacial score (nSPS) is 13.8. The van der Waals surface area contributed by atoms with Gasteiger partial charge in [0.15, 0.2) is 0 Å². The Balaban J connectivity index is 1.79. The molecule has 0 radical (unpaired) electrons. The lowest BCUT2D eigenvalue weighted by molar-refractivity contribution is -0.120. The molecule has 2 amide bonds. The molecule has 0 aliphatic carbocycles. The molecule has 0 aromatic heterocycles. The first-order valence-corrected chi connectivity index (χ1v) is 10.3. The Hall–Kier alpha value is -3.93. The Morgan fingerprint density at radius 2 is 1.53 bits per heavy atom. The zero-order valence-electron chi connectivity index (χ0n) is 18.1. The van der Waals surface area contributed by atoms with Crippen LogP contribution in [0.2, 0.25) is 0 Å². The SMILES string of the molecule is Cc1ccccc1NC1=C(c2ccc(OC(C)C)cc2)C(=O)N(c2ccc(F)cc2)C1=O. The number of nitrogens with zero attached hydrogens (tertiary/aromatic N) is 1. The highest BCUT2D eigenvalue weighted by atomic mass is 19.1. The molecule has 5 nitrogen and oxygen atoms in total. The lowest BCUT2D eigenvalue weighted by atomic mass is 10.0. The van der Waals surface area contributed by atoms with Gasteiger partial charge in [0.05, 0.1) is 17.4 Å². The molecule has 0 saturated carbocycles. The molecule has 3 aromatic rings. The number of benzene rings is 3. The van der Waals surface area contributed by atoms with Crippen molar-refractivity contribution in [2.75, 3.05) is 10.2 Å². The van der Waals surface area contributed by atoms with E-state index in [1.165, 1.54) is 24.3 Å². The Labute approximate surface area is 186 Å². The van der Waals surface area contributed by atoms with Crippen LogP contribution in [0.5, 0.6) is 5.75 Å². The Morgan fingerprint density at radius 3 is 2.16 bits per heavy atom. The van der Waals surface area contributed by atoms with Crippen molar-refractivity contribution in [2.24, 2.45) is 0 Å². The number of carbonyl (C=O) groups is 2. The third-order valence-corrected chi connectivity index (χ3v) is 5.09. The molecule has 0 spiro atoms. The molecule has 0 unspecified atom stereocenters. The second-order valence-corrected chi connectivity index (χ2v) is 7.80. The number of ether oxygens (including phenoxy) is 1. The highest BCUT2D eigenvalue weighted by Crippen LogP contribution is 2.35. The van der Waals surface area contributed by atoms with Crippen LogP contribution in [0.25, 0.3) is 5.57 Å². The van der Waals surface area contributed by atoms with Gasteiger partial charge in [-0.05, 0) is 74.4 Å². The molecule has 4 rings (SSSR count). The molecule has 1 heterocycles.